The molecule has 0 radical (unpaired) electrons. The molecule has 0 atom stereocenters. The lowest BCUT2D eigenvalue weighted by atomic mass is 10.1. The third-order valence-corrected chi connectivity index (χ3v) is 6.24. The lowest BCUT2D eigenvalue weighted by Crippen LogP contribution is -2.31. The van der Waals surface area contributed by atoms with E-state index in [1.54, 1.807) is 21.9 Å². The first-order chi connectivity index (χ1) is 12.8. The molecule has 2 aliphatic rings. The minimum absolute atomic E-state index is 0.0998. The number of rotatable bonds is 4. The Morgan fingerprint density at radius 2 is 1.70 bits per heavy atom. The Morgan fingerprint density at radius 1 is 1.00 bits per heavy atom. The van der Waals surface area contributed by atoms with Gasteiger partial charge in [0.05, 0.1) is 6.26 Å². The summed E-state index contributed by atoms with van der Waals surface area (Å²) in [6.45, 7) is 2.29. The van der Waals surface area contributed by atoms with Crippen molar-refractivity contribution >= 4 is 21.7 Å². The van der Waals surface area contributed by atoms with Gasteiger partial charge in [0.2, 0.25) is 10.0 Å². The van der Waals surface area contributed by atoms with E-state index < -0.39 is 10.0 Å². The van der Waals surface area contributed by atoms with Crippen LogP contribution in [0.1, 0.15) is 16.7 Å². The molecule has 8 heteroatoms. The van der Waals surface area contributed by atoms with E-state index in [1.807, 2.05) is 18.2 Å². The van der Waals surface area contributed by atoms with Gasteiger partial charge in [0.15, 0.2) is 0 Å². The number of amides is 2. The zero-order valence-electron chi connectivity index (χ0n) is 14.9. The van der Waals surface area contributed by atoms with Crippen LogP contribution >= 0.6 is 0 Å². The van der Waals surface area contributed by atoms with Crippen molar-refractivity contribution in [2.24, 2.45) is 0 Å². The monoisotopic (exact) mass is 389 g/mol. The molecule has 2 aromatic rings. The largest absolute Gasteiger partial charge is 0.324 e. The highest BCUT2D eigenvalue weighted by Crippen LogP contribution is 2.30. The maximum Gasteiger partial charge on any atom is 0.324 e. The van der Waals surface area contributed by atoms with Crippen molar-refractivity contribution < 1.29 is 17.6 Å². The number of benzene rings is 2. The van der Waals surface area contributed by atoms with Gasteiger partial charge in [-0.3, -0.25) is 4.90 Å². The van der Waals surface area contributed by atoms with Crippen LogP contribution in [0.2, 0.25) is 0 Å². The molecule has 0 N–H and O–H groups in total. The van der Waals surface area contributed by atoms with Gasteiger partial charge in [-0.15, -0.1) is 0 Å². The molecule has 0 unspecified atom stereocenters. The Hall–Kier alpha value is -2.45. The fourth-order valence-electron chi connectivity index (χ4n) is 3.53. The van der Waals surface area contributed by atoms with Gasteiger partial charge in [-0.1, -0.05) is 18.2 Å². The Kier molecular flexibility index (Phi) is 4.39. The maximum atomic E-state index is 13.0. The number of halogens is 1. The Balaban J connectivity index is 1.49. The summed E-state index contributed by atoms with van der Waals surface area (Å²) in [5.41, 5.74) is 3.56. The number of hydrogen-bond donors (Lipinski definition) is 0. The van der Waals surface area contributed by atoms with Crippen LogP contribution in [-0.2, 0) is 29.7 Å². The summed E-state index contributed by atoms with van der Waals surface area (Å²) in [6, 6.07) is 11.7. The van der Waals surface area contributed by atoms with Crippen molar-refractivity contribution in [2.75, 3.05) is 24.2 Å². The van der Waals surface area contributed by atoms with Crippen LogP contribution in [0.5, 0.6) is 0 Å². The summed E-state index contributed by atoms with van der Waals surface area (Å²) in [5.74, 6) is -0.297. The van der Waals surface area contributed by atoms with Gasteiger partial charge >= 0.3 is 6.03 Å². The fraction of sp³-hybridized carbons (Fsp3) is 0.316. The number of anilines is 1. The standard InChI is InChI=1S/C19H20FN3O3S/c1-27(25,26)22-12-15-4-7-18(10-16(15)13-22)23-9-8-21(19(23)24)11-14-2-5-17(20)6-3-14/h2-7,10H,8-9,11-13H2,1H3. The normalized spacial score (nSPS) is 17.6. The fourth-order valence-corrected chi connectivity index (χ4v) is 4.28. The molecule has 2 aliphatic heterocycles. The highest BCUT2D eigenvalue weighted by Gasteiger charge is 2.31. The first-order valence-corrected chi connectivity index (χ1v) is 10.5. The zero-order chi connectivity index (χ0) is 19.2. The van der Waals surface area contributed by atoms with Crippen molar-refractivity contribution in [3.8, 4) is 0 Å². The average Bonchev–Trinajstić information content (AvgIpc) is 3.20. The SMILES string of the molecule is CS(=O)(=O)N1Cc2ccc(N3CCN(Cc4ccc(F)cc4)C3=O)cc2C1. The van der Waals surface area contributed by atoms with E-state index in [0.717, 1.165) is 22.4 Å². The number of urea groups is 1. The molecule has 6 nitrogen and oxygen atoms in total. The van der Waals surface area contributed by atoms with Crippen molar-refractivity contribution in [3.63, 3.8) is 0 Å². The lowest BCUT2D eigenvalue weighted by molar-refractivity contribution is 0.219. The van der Waals surface area contributed by atoms with Crippen molar-refractivity contribution in [1.82, 2.24) is 9.21 Å². The molecule has 2 amide bonds. The van der Waals surface area contributed by atoms with Gasteiger partial charge in [0.25, 0.3) is 0 Å². The Morgan fingerprint density at radius 3 is 2.41 bits per heavy atom. The number of nitrogens with zero attached hydrogens (tertiary/aromatic N) is 3. The molecule has 0 aromatic heterocycles. The van der Waals surface area contributed by atoms with Gasteiger partial charge in [0, 0.05) is 38.4 Å². The van der Waals surface area contributed by atoms with E-state index in [1.165, 1.54) is 22.7 Å². The minimum Gasteiger partial charge on any atom is -0.318 e. The lowest BCUT2D eigenvalue weighted by Gasteiger charge is -2.19. The van der Waals surface area contributed by atoms with Gasteiger partial charge in [0.1, 0.15) is 5.82 Å². The summed E-state index contributed by atoms with van der Waals surface area (Å²) >= 11 is 0. The van der Waals surface area contributed by atoms with E-state index in [0.29, 0.717) is 32.7 Å². The zero-order valence-corrected chi connectivity index (χ0v) is 15.7. The number of fused-ring (bicyclic) bond motifs is 1. The summed E-state index contributed by atoms with van der Waals surface area (Å²) in [6.07, 6.45) is 1.21. The first-order valence-electron chi connectivity index (χ1n) is 8.69. The van der Waals surface area contributed by atoms with Gasteiger partial charge in [-0.25, -0.2) is 17.6 Å². The van der Waals surface area contributed by atoms with E-state index >= 15 is 0 Å². The van der Waals surface area contributed by atoms with E-state index in [2.05, 4.69) is 0 Å². The molecule has 0 spiro atoms. The minimum atomic E-state index is -3.24. The predicted molar refractivity (Wildman–Crippen MR) is 100 cm³/mol. The average molecular weight is 389 g/mol. The molecule has 1 saturated heterocycles. The molecule has 0 saturated carbocycles. The Bertz CT molecular complexity index is 992. The molecule has 2 heterocycles. The smallest absolute Gasteiger partial charge is 0.318 e. The second-order valence-electron chi connectivity index (χ2n) is 6.97. The van der Waals surface area contributed by atoms with Gasteiger partial charge in [-0.2, -0.15) is 4.31 Å². The molecule has 0 bridgehead atoms. The topological polar surface area (TPSA) is 60.9 Å². The highest BCUT2D eigenvalue weighted by atomic mass is 32.2. The second-order valence-corrected chi connectivity index (χ2v) is 8.95. The number of carbonyl (C=O) groups is 1. The van der Waals surface area contributed by atoms with Crippen LogP contribution < -0.4 is 4.90 Å². The maximum absolute atomic E-state index is 13.0. The highest BCUT2D eigenvalue weighted by molar-refractivity contribution is 7.88. The van der Waals surface area contributed by atoms with Crippen molar-refractivity contribution in [2.45, 2.75) is 19.6 Å². The number of carbonyl (C=O) groups excluding carboxylic acids is 1. The Labute approximate surface area is 157 Å². The second kappa shape index (κ2) is 6.61. The molecular formula is C19H20FN3O3S. The molecular weight excluding hydrogens is 369 g/mol. The van der Waals surface area contributed by atoms with Gasteiger partial charge < -0.3 is 4.90 Å². The van der Waals surface area contributed by atoms with E-state index in [-0.39, 0.29) is 11.8 Å². The van der Waals surface area contributed by atoms with Crippen molar-refractivity contribution in [3.05, 3.63) is 65.0 Å². The molecule has 4 rings (SSSR count). The summed E-state index contributed by atoms with van der Waals surface area (Å²) in [5, 5.41) is 0. The van der Waals surface area contributed by atoms with Crippen LogP contribution in [0.25, 0.3) is 0 Å². The van der Waals surface area contributed by atoms with Crippen molar-refractivity contribution in [1.29, 1.82) is 0 Å². The quantitative estimate of drug-likeness (QED) is 0.807. The first kappa shape index (κ1) is 17.9. The summed E-state index contributed by atoms with van der Waals surface area (Å²) in [4.78, 5) is 16.2. The third kappa shape index (κ3) is 3.54. The predicted octanol–water partition coefficient (Wildman–Crippen LogP) is 2.54. The summed E-state index contributed by atoms with van der Waals surface area (Å²) < 4.78 is 38.0. The van der Waals surface area contributed by atoms with E-state index in [9.17, 15) is 17.6 Å². The number of hydrogen-bond acceptors (Lipinski definition) is 3. The molecule has 142 valence electrons. The van der Waals surface area contributed by atoms with Crippen LogP contribution in [0.4, 0.5) is 14.9 Å². The van der Waals surface area contributed by atoms with Gasteiger partial charge in [-0.05, 0) is 41.0 Å². The summed E-state index contributed by atoms with van der Waals surface area (Å²) in [7, 11) is -3.24. The number of sulfonamides is 1. The van der Waals surface area contributed by atoms with Crippen LogP contribution in [0.3, 0.4) is 0 Å². The van der Waals surface area contributed by atoms with E-state index in [4.69, 9.17) is 0 Å². The van der Waals surface area contributed by atoms with Crippen LogP contribution in [0.15, 0.2) is 42.5 Å². The van der Waals surface area contributed by atoms with Crippen LogP contribution in [-0.4, -0.2) is 43.0 Å². The molecule has 0 aliphatic carbocycles. The molecule has 27 heavy (non-hydrogen) atoms. The third-order valence-electron chi connectivity index (χ3n) is 5.05. The van der Waals surface area contributed by atoms with Crippen LogP contribution in [0, 0.1) is 5.82 Å². The molecule has 2 aromatic carbocycles. The molecule has 1 fully saturated rings.